The van der Waals surface area contributed by atoms with Gasteiger partial charge >= 0.3 is 0 Å². The SMILES string of the molecule is CN(C)CC(Cc1cccc(O)c1)Cc1ccc(F)c(F)c1. The maximum Gasteiger partial charge on any atom is 0.159 e. The van der Waals surface area contributed by atoms with Gasteiger partial charge in [0.25, 0.3) is 0 Å². The standard InChI is InChI=1S/C18H21F2NO/c1-21(2)12-15(8-13-4-3-5-16(22)10-13)9-14-6-7-17(19)18(20)11-14/h3-7,10-11,15,22H,8-9,12H2,1-2H3. The minimum absolute atomic E-state index is 0.244. The molecule has 0 spiro atoms. The van der Waals surface area contributed by atoms with E-state index in [1.54, 1.807) is 18.2 Å². The molecule has 0 aliphatic rings. The quantitative estimate of drug-likeness (QED) is 0.881. The molecule has 2 aromatic rings. The van der Waals surface area contributed by atoms with E-state index in [-0.39, 0.29) is 11.7 Å². The van der Waals surface area contributed by atoms with E-state index in [4.69, 9.17) is 0 Å². The molecule has 0 aromatic heterocycles. The lowest BCUT2D eigenvalue weighted by Crippen LogP contribution is -2.25. The summed E-state index contributed by atoms with van der Waals surface area (Å²) in [7, 11) is 3.97. The Balaban J connectivity index is 2.13. The minimum Gasteiger partial charge on any atom is -0.508 e. The highest BCUT2D eigenvalue weighted by Crippen LogP contribution is 2.20. The maximum atomic E-state index is 13.4. The molecule has 0 heterocycles. The van der Waals surface area contributed by atoms with Gasteiger partial charge in [0, 0.05) is 6.54 Å². The van der Waals surface area contributed by atoms with Crippen LogP contribution in [0.4, 0.5) is 8.78 Å². The molecule has 0 saturated carbocycles. The van der Waals surface area contributed by atoms with E-state index in [1.165, 1.54) is 12.1 Å². The molecule has 0 bridgehead atoms. The van der Waals surface area contributed by atoms with Crippen molar-refractivity contribution in [2.24, 2.45) is 5.92 Å². The highest BCUT2D eigenvalue weighted by molar-refractivity contribution is 5.28. The molecular weight excluding hydrogens is 284 g/mol. The first kappa shape index (κ1) is 16.4. The summed E-state index contributed by atoms with van der Waals surface area (Å²) in [5, 5.41) is 9.56. The van der Waals surface area contributed by atoms with Crippen LogP contribution < -0.4 is 0 Å². The molecule has 0 amide bonds. The summed E-state index contributed by atoms with van der Waals surface area (Å²) in [6.45, 7) is 0.828. The van der Waals surface area contributed by atoms with Crippen LogP contribution in [0.2, 0.25) is 0 Å². The van der Waals surface area contributed by atoms with Gasteiger partial charge in [-0.2, -0.15) is 0 Å². The highest BCUT2D eigenvalue weighted by Gasteiger charge is 2.14. The van der Waals surface area contributed by atoms with Crippen molar-refractivity contribution in [1.82, 2.24) is 4.90 Å². The van der Waals surface area contributed by atoms with E-state index in [0.717, 1.165) is 24.1 Å². The Hall–Kier alpha value is -1.94. The molecule has 22 heavy (non-hydrogen) atoms. The van der Waals surface area contributed by atoms with Crippen molar-refractivity contribution >= 4 is 0 Å². The van der Waals surface area contributed by atoms with E-state index < -0.39 is 11.6 Å². The van der Waals surface area contributed by atoms with Gasteiger partial charge in [0.2, 0.25) is 0 Å². The number of phenols is 1. The Morgan fingerprint density at radius 2 is 1.64 bits per heavy atom. The Labute approximate surface area is 130 Å². The predicted octanol–water partition coefficient (Wildman–Crippen LogP) is 3.63. The summed E-state index contributed by atoms with van der Waals surface area (Å²) < 4.78 is 26.4. The molecule has 2 rings (SSSR count). The second-order valence-electron chi connectivity index (χ2n) is 5.95. The van der Waals surface area contributed by atoms with Gasteiger partial charge in [-0.3, -0.25) is 0 Å². The Morgan fingerprint density at radius 1 is 0.955 bits per heavy atom. The number of benzene rings is 2. The van der Waals surface area contributed by atoms with Crippen LogP contribution in [0.1, 0.15) is 11.1 Å². The number of halogens is 2. The summed E-state index contributed by atoms with van der Waals surface area (Å²) in [5.41, 5.74) is 1.82. The van der Waals surface area contributed by atoms with Crippen molar-refractivity contribution in [3.63, 3.8) is 0 Å². The van der Waals surface area contributed by atoms with Crippen LogP contribution in [-0.4, -0.2) is 30.6 Å². The third kappa shape index (κ3) is 4.81. The number of hydrogen-bond donors (Lipinski definition) is 1. The smallest absolute Gasteiger partial charge is 0.159 e. The van der Waals surface area contributed by atoms with Gasteiger partial charge in [-0.05, 0) is 68.2 Å². The summed E-state index contributed by atoms with van der Waals surface area (Å²) in [6.07, 6.45) is 1.43. The highest BCUT2D eigenvalue weighted by atomic mass is 19.2. The van der Waals surface area contributed by atoms with Crippen LogP contribution in [0.25, 0.3) is 0 Å². The zero-order chi connectivity index (χ0) is 16.1. The first-order valence-corrected chi connectivity index (χ1v) is 7.30. The summed E-state index contributed by atoms with van der Waals surface area (Å²) >= 11 is 0. The molecule has 118 valence electrons. The lowest BCUT2D eigenvalue weighted by molar-refractivity contribution is 0.320. The van der Waals surface area contributed by atoms with E-state index in [0.29, 0.717) is 6.42 Å². The van der Waals surface area contributed by atoms with E-state index >= 15 is 0 Å². The molecule has 0 aliphatic heterocycles. The average molecular weight is 305 g/mol. The monoisotopic (exact) mass is 305 g/mol. The molecule has 2 nitrogen and oxygen atoms in total. The second-order valence-corrected chi connectivity index (χ2v) is 5.95. The molecule has 0 fully saturated rings. The Kier molecular flexibility index (Phi) is 5.50. The van der Waals surface area contributed by atoms with Crippen molar-refractivity contribution in [2.75, 3.05) is 20.6 Å². The molecule has 1 N–H and O–H groups in total. The van der Waals surface area contributed by atoms with Crippen molar-refractivity contribution in [3.05, 3.63) is 65.2 Å². The largest absolute Gasteiger partial charge is 0.508 e. The van der Waals surface area contributed by atoms with E-state index in [1.807, 2.05) is 26.2 Å². The number of phenolic OH excluding ortho intramolecular Hbond substituents is 1. The maximum absolute atomic E-state index is 13.4. The lowest BCUT2D eigenvalue weighted by Gasteiger charge is -2.21. The average Bonchev–Trinajstić information content (AvgIpc) is 2.42. The number of rotatable bonds is 6. The summed E-state index contributed by atoms with van der Waals surface area (Å²) in [4.78, 5) is 2.08. The van der Waals surface area contributed by atoms with E-state index in [9.17, 15) is 13.9 Å². The van der Waals surface area contributed by atoms with Crippen molar-refractivity contribution in [2.45, 2.75) is 12.8 Å². The van der Waals surface area contributed by atoms with Gasteiger partial charge in [0.1, 0.15) is 5.75 Å². The second kappa shape index (κ2) is 7.36. The normalized spacial score (nSPS) is 12.6. The first-order valence-electron chi connectivity index (χ1n) is 7.30. The third-order valence-corrected chi connectivity index (χ3v) is 3.57. The molecular formula is C18H21F2NO. The van der Waals surface area contributed by atoms with Gasteiger partial charge in [-0.1, -0.05) is 18.2 Å². The summed E-state index contributed by atoms with van der Waals surface area (Å²) in [5.74, 6) is -1.13. The number of hydrogen-bond acceptors (Lipinski definition) is 2. The number of nitrogens with zero attached hydrogens (tertiary/aromatic N) is 1. The molecule has 4 heteroatoms. The molecule has 0 saturated heterocycles. The van der Waals surface area contributed by atoms with Gasteiger partial charge in [0.05, 0.1) is 0 Å². The van der Waals surface area contributed by atoms with E-state index in [2.05, 4.69) is 4.90 Å². The van der Waals surface area contributed by atoms with Crippen LogP contribution in [0.3, 0.4) is 0 Å². The van der Waals surface area contributed by atoms with Crippen LogP contribution >= 0.6 is 0 Å². The van der Waals surface area contributed by atoms with Crippen LogP contribution in [-0.2, 0) is 12.8 Å². The molecule has 1 unspecified atom stereocenters. The van der Waals surface area contributed by atoms with Crippen LogP contribution in [0, 0.1) is 17.6 Å². The fourth-order valence-electron chi connectivity index (χ4n) is 2.73. The van der Waals surface area contributed by atoms with Crippen molar-refractivity contribution < 1.29 is 13.9 Å². The molecule has 2 aromatic carbocycles. The first-order chi connectivity index (χ1) is 10.4. The van der Waals surface area contributed by atoms with Crippen molar-refractivity contribution in [3.8, 4) is 5.75 Å². The van der Waals surface area contributed by atoms with Gasteiger partial charge in [0.15, 0.2) is 11.6 Å². The fourth-order valence-corrected chi connectivity index (χ4v) is 2.73. The molecule has 0 radical (unpaired) electrons. The van der Waals surface area contributed by atoms with Crippen molar-refractivity contribution in [1.29, 1.82) is 0 Å². The number of aromatic hydroxyl groups is 1. The third-order valence-electron chi connectivity index (χ3n) is 3.57. The Morgan fingerprint density at radius 3 is 2.23 bits per heavy atom. The zero-order valence-electron chi connectivity index (χ0n) is 12.9. The molecule has 0 aliphatic carbocycles. The van der Waals surface area contributed by atoms with Crippen LogP contribution in [0.5, 0.6) is 5.75 Å². The molecule has 1 atom stereocenters. The van der Waals surface area contributed by atoms with Gasteiger partial charge < -0.3 is 10.0 Å². The van der Waals surface area contributed by atoms with Crippen LogP contribution in [0.15, 0.2) is 42.5 Å². The van der Waals surface area contributed by atoms with Gasteiger partial charge in [-0.25, -0.2) is 8.78 Å². The predicted molar refractivity (Wildman–Crippen MR) is 83.9 cm³/mol. The van der Waals surface area contributed by atoms with Gasteiger partial charge in [-0.15, -0.1) is 0 Å². The summed E-state index contributed by atoms with van der Waals surface area (Å²) in [6, 6.07) is 11.2. The topological polar surface area (TPSA) is 23.5 Å². The zero-order valence-corrected chi connectivity index (χ0v) is 12.9. The Bertz CT molecular complexity index is 628. The lowest BCUT2D eigenvalue weighted by atomic mass is 9.92. The minimum atomic E-state index is -0.819. The fraction of sp³-hybridized carbons (Fsp3) is 0.333.